The molecule has 1 aliphatic heterocycles. The molecule has 1 heterocycles. The first-order valence-electron chi connectivity index (χ1n) is 5.87. The summed E-state index contributed by atoms with van der Waals surface area (Å²) in [5.41, 5.74) is 1.56. The molecule has 0 saturated carbocycles. The van der Waals surface area contributed by atoms with Crippen LogP contribution in [0, 0.1) is 6.92 Å². The zero-order chi connectivity index (χ0) is 12.4. The molecule has 0 aromatic heterocycles. The van der Waals surface area contributed by atoms with E-state index in [-0.39, 0.29) is 18.3 Å². The molecule has 1 amide bonds. The van der Waals surface area contributed by atoms with Crippen molar-refractivity contribution in [2.24, 2.45) is 0 Å². The molecule has 1 N–H and O–H groups in total. The molecule has 1 fully saturated rings. The summed E-state index contributed by atoms with van der Waals surface area (Å²) in [5.74, 6) is 0.0343. The second-order valence-corrected chi connectivity index (χ2v) is 4.92. The van der Waals surface area contributed by atoms with Gasteiger partial charge in [-0.2, -0.15) is 0 Å². The van der Waals surface area contributed by atoms with Crippen LogP contribution in [-0.4, -0.2) is 36.5 Å². The summed E-state index contributed by atoms with van der Waals surface area (Å²) in [6.07, 6.45) is 0. The maximum Gasteiger partial charge on any atom is 0.255 e. The number of hydrogen-bond donors (Lipinski definition) is 1. The lowest BCUT2D eigenvalue weighted by Gasteiger charge is -2.32. The second kappa shape index (κ2) is 6.41. The van der Waals surface area contributed by atoms with Gasteiger partial charge in [0, 0.05) is 25.7 Å². The van der Waals surface area contributed by atoms with E-state index in [1.165, 1.54) is 0 Å². The van der Waals surface area contributed by atoms with Crippen LogP contribution in [0.5, 0.6) is 0 Å². The Morgan fingerprint density at radius 1 is 1.50 bits per heavy atom. The van der Waals surface area contributed by atoms with Crippen LogP contribution >= 0.6 is 24.0 Å². The quantitative estimate of drug-likeness (QED) is 0.861. The maximum atomic E-state index is 12.3. The summed E-state index contributed by atoms with van der Waals surface area (Å²) in [4.78, 5) is 14.2. The number of rotatable bonds is 1. The summed E-state index contributed by atoms with van der Waals surface area (Å²) in [7, 11) is 0. The lowest BCUT2D eigenvalue weighted by Crippen LogP contribution is -2.51. The van der Waals surface area contributed by atoms with Crippen LogP contribution in [-0.2, 0) is 0 Å². The summed E-state index contributed by atoms with van der Waals surface area (Å²) in [5, 5.41) is 3.89. The summed E-state index contributed by atoms with van der Waals surface area (Å²) in [6.45, 7) is 6.32. The van der Waals surface area contributed by atoms with Crippen LogP contribution in [0.15, 0.2) is 18.2 Å². The van der Waals surface area contributed by atoms with Gasteiger partial charge in [-0.3, -0.25) is 4.79 Å². The van der Waals surface area contributed by atoms with Gasteiger partial charge in [0.1, 0.15) is 0 Å². The van der Waals surface area contributed by atoms with Gasteiger partial charge in [0.15, 0.2) is 0 Å². The molecular weight excluding hydrogens is 271 g/mol. The highest BCUT2D eigenvalue weighted by Gasteiger charge is 2.23. The van der Waals surface area contributed by atoms with Gasteiger partial charge in [0.05, 0.1) is 10.6 Å². The standard InChI is InChI=1S/C13H17ClN2O.ClH/c1-9-4-3-5-11(12(9)14)13(17)16-7-6-15-10(2)8-16;/h3-5,10,15H,6-8H2,1-2H3;1H/t10-;/m0./s1. The van der Waals surface area contributed by atoms with Crippen LogP contribution in [0.4, 0.5) is 0 Å². The molecule has 0 aliphatic carbocycles. The third kappa shape index (κ3) is 3.16. The van der Waals surface area contributed by atoms with Crippen molar-refractivity contribution in [2.75, 3.05) is 19.6 Å². The number of benzene rings is 1. The van der Waals surface area contributed by atoms with Crippen molar-refractivity contribution >= 4 is 29.9 Å². The van der Waals surface area contributed by atoms with Crippen LogP contribution in [0.2, 0.25) is 5.02 Å². The third-order valence-corrected chi connectivity index (χ3v) is 3.58. The Hall–Kier alpha value is -0.770. The first-order chi connectivity index (χ1) is 8.09. The molecule has 0 unspecified atom stereocenters. The predicted octanol–water partition coefficient (Wildman–Crippen LogP) is 2.50. The van der Waals surface area contributed by atoms with E-state index < -0.39 is 0 Å². The first-order valence-corrected chi connectivity index (χ1v) is 6.25. The van der Waals surface area contributed by atoms with E-state index in [1.54, 1.807) is 6.07 Å². The normalized spacial score (nSPS) is 19.3. The van der Waals surface area contributed by atoms with Crippen molar-refractivity contribution in [3.05, 3.63) is 34.3 Å². The molecule has 1 saturated heterocycles. The van der Waals surface area contributed by atoms with Crippen LogP contribution < -0.4 is 5.32 Å². The Morgan fingerprint density at radius 2 is 2.22 bits per heavy atom. The van der Waals surface area contributed by atoms with Crippen molar-refractivity contribution in [1.29, 1.82) is 0 Å². The largest absolute Gasteiger partial charge is 0.336 e. The molecule has 0 bridgehead atoms. The molecule has 1 aliphatic rings. The number of piperazine rings is 1. The molecule has 1 aromatic rings. The number of hydrogen-bond acceptors (Lipinski definition) is 2. The van der Waals surface area contributed by atoms with Gasteiger partial charge in [-0.25, -0.2) is 0 Å². The number of amides is 1. The average molecular weight is 289 g/mol. The summed E-state index contributed by atoms with van der Waals surface area (Å²) >= 11 is 6.18. The molecule has 18 heavy (non-hydrogen) atoms. The van der Waals surface area contributed by atoms with E-state index in [2.05, 4.69) is 12.2 Å². The number of nitrogens with one attached hydrogen (secondary N) is 1. The third-order valence-electron chi connectivity index (χ3n) is 3.08. The van der Waals surface area contributed by atoms with Crippen molar-refractivity contribution in [1.82, 2.24) is 10.2 Å². The van der Waals surface area contributed by atoms with Gasteiger partial charge in [-0.1, -0.05) is 23.7 Å². The minimum Gasteiger partial charge on any atom is -0.336 e. The number of carbonyl (C=O) groups excluding carboxylic acids is 1. The molecule has 3 nitrogen and oxygen atoms in total. The van der Waals surface area contributed by atoms with Gasteiger partial charge in [0.2, 0.25) is 0 Å². The summed E-state index contributed by atoms with van der Waals surface area (Å²) in [6, 6.07) is 5.93. The fraction of sp³-hybridized carbons (Fsp3) is 0.462. The Bertz CT molecular complexity index is 437. The predicted molar refractivity (Wildman–Crippen MR) is 76.8 cm³/mol. The summed E-state index contributed by atoms with van der Waals surface area (Å²) < 4.78 is 0. The van der Waals surface area contributed by atoms with Gasteiger partial charge in [-0.05, 0) is 25.5 Å². The number of halogens is 2. The van der Waals surface area contributed by atoms with Gasteiger partial charge in [-0.15, -0.1) is 12.4 Å². The van der Waals surface area contributed by atoms with E-state index in [0.29, 0.717) is 16.6 Å². The zero-order valence-electron chi connectivity index (χ0n) is 10.6. The Morgan fingerprint density at radius 3 is 2.89 bits per heavy atom. The van der Waals surface area contributed by atoms with Crippen LogP contribution in [0.1, 0.15) is 22.8 Å². The van der Waals surface area contributed by atoms with Gasteiger partial charge >= 0.3 is 0 Å². The molecular formula is C13H18Cl2N2O. The minimum atomic E-state index is 0. The molecule has 100 valence electrons. The minimum absolute atomic E-state index is 0. The van der Waals surface area contributed by atoms with Gasteiger partial charge in [0.25, 0.3) is 5.91 Å². The molecule has 2 rings (SSSR count). The second-order valence-electron chi connectivity index (χ2n) is 4.54. The highest BCUT2D eigenvalue weighted by atomic mass is 35.5. The Kier molecular flexibility index (Phi) is 5.45. The fourth-order valence-electron chi connectivity index (χ4n) is 2.10. The van der Waals surface area contributed by atoms with Gasteiger partial charge < -0.3 is 10.2 Å². The Balaban J connectivity index is 0.00000162. The average Bonchev–Trinajstić information content (AvgIpc) is 2.32. The number of nitrogens with zero attached hydrogens (tertiary/aromatic N) is 1. The van der Waals surface area contributed by atoms with Crippen molar-refractivity contribution in [3.8, 4) is 0 Å². The lowest BCUT2D eigenvalue weighted by molar-refractivity contribution is 0.0709. The lowest BCUT2D eigenvalue weighted by atomic mass is 10.1. The van der Waals surface area contributed by atoms with Crippen LogP contribution in [0.25, 0.3) is 0 Å². The Labute approximate surface area is 119 Å². The highest BCUT2D eigenvalue weighted by Crippen LogP contribution is 2.22. The molecule has 1 aromatic carbocycles. The van der Waals surface area contributed by atoms with E-state index in [1.807, 2.05) is 24.0 Å². The number of aryl methyl sites for hydroxylation is 1. The first kappa shape index (κ1) is 15.3. The van der Waals surface area contributed by atoms with E-state index in [4.69, 9.17) is 11.6 Å². The maximum absolute atomic E-state index is 12.3. The molecule has 0 radical (unpaired) electrons. The highest BCUT2D eigenvalue weighted by molar-refractivity contribution is 6.34. The van der Waals surface area contributed by atoms with E-state index in [9.17, 15) is 4.79 Å². The number of carbonyl (C=O) groups is 1. The van der Waals surface area contributed by atoms with Crippen molar-refractivity contribution in [3.63, 3.8) is 0 Å². The molecule has 0 spiro atoms. The molecule has 5 heteroatoms. The smallest absolute Gasteiger partial charge is 0.255 e. The van der Waals surface area contributed by atoms with Crippen LogP contribution in [0.3, 0.4) is 0 Å². The van der Waals surface area contributed by atoms with Crippen molar-refractivity contribution < 1.29 is 4.79 Å². The van der Waals surface area contributed by atoms with Crippen molar-refractivity contribution in [2.45, 2.75) is 19.9 Å². The fourth-order valence-corrected chi connectivity index (χ4v) is 2.31. The zero-order valence-corrected chi connectivity index (χ0v) is 12.1. The van der Waals surface area contributed by atoms with E-state index in [0.717, 1.165) is 25.2 Å². The topological polar surface area (TPSA) is 32.3 Å². The monoisotopic (exact) mass is 288 g/mol. The van der Waals surface area contributed by atoms with E-state index >= 15 is 0 Å². The molecule has 1 atom stereocenters. The SMILES string of the molecule is Cc1cccc(C(=O)N2CCN[C@@H](C)C2)c1Cl.Cl.